The molecule has 6 heteroatoms. The molecular weight excluding hydrogens is 256 g/mol. The Morgan fingerprint density at radius 3 is 2.80 bits per heavy atom. The Balaban J connectivity index is 1.44. The number of nitrogens with two attached hydrogens (primary N) is 1. The fourth-order valence-electron chi connectivity index (χ4n) is 3.84. The van der Waals surface area contributed by atoms with Crippen LogP contribution in [0.15, 0.2) is 4.79 Å². The quantitative estimate of drug-likeness (QED) is 0.827. The van der Waals surface area contributed by atoms with Gasteiger partial charge in [0.1, 0.15) is 0 Å². The lowest BCUT2D eigenvalue weighted by molar-refractivity contribution is -0.132. The number of nitrogens with zero attached hydrogens (tertiary/aromatic N) is 2. The average Bonchev–Trinajstić information content (AvgIpc) is 2.84. The number of nitrogen functional groups attached to an aromatic ring is 1. The molecule has 0 saturated heterocycles. The first kappa shape index (κ1) is 11.9. The minimum Gasteiger partial charge on any atom is -0.369 e. The summed E-state index contributed by atoms with van der Waals surface area (Å²) in [5.41, 5.74) is 6.55. The van der Waals surface area contributed by atoms with Gasteiger partial charge in [-0.25, -0.2) is 4.98 Å². The number of fused-ring (bicyclic) bond motifs is 2. The maximum absolute atomic E-state index is 12.3. The molecule has 0 spiro atoms. The van der Waals surface area contributed by atoms with Crippen LogP contribution >= 0.6 is 0 Å². The number of nitrogens with one attached hydrogen (secondary N) is 1. The molecule has 1 aliphatic heterocycles. The van der Waals surface area contributed by atoms with Gasteiger partial charge in [-0.3, -0.25) is 14.6 Å². The van der Waals surface area contributed by atoms with Crippen molar-refractivity contribution in [3.63, 3.8) is 0 Å². The Labute approximate surface area is 116 Å². The molecular formula is C14H18N4O2. The molecule has 1 amide bonds. The summed E-state index contributed by atoms with van der Waals surface area (Å²) in [7, 11) is 0. The summed E-state index contributed by atoms with van der Waals surface area (Å²) in [5.74, 6) is 2.61. The molecule has 106 valence electrons. The number of H-pyrrole nitrogens is 1. The second kappa shape index (κ2) is 4.07. The van der Waals surface area contributed by atoms with E-state index < -0.39 is 0 Å². The second-order valence-electron chi connectivity index (χ2n) is 6.42. The van der Waals surface area contributed by atoms with Gasteiger partial charge in [-0.15, -0.1) is 0 Å². The van der Waals surface area contributed by atoms with Crippen molar-refractivity contribution in [3.05, 3.63) is 21.6 Å². The van der Waals surface area contributed by atoms with Crippen LogP contribution in [0.3, 0.4) is 0 Å². The molecule has 2 aliphatic carbocycles. The molecule has 0 aromatic carbocycles. The number of rotatable bonds is 2. The van der Waals surface area contributed by atoms with E-state index in [4.69, 9.17) is 5.73 Å². The molecule has 3 N–H and O–H groups in total. The van der Waals surface area contributed by atoms with Crippen LogP contribution in [-0.2, 0) is 17.9 Å². The summed E-state index contributed by atoms with van der Waals surface area (Å²) in [6.45, 7) is 0.790. The summed E-state index contributed by atoms with van der Waals surface area (Å²) in [4.78, 5) is 32.5. The predicted molar refractivity (Wildman–Crippen MR) is 72.5 cm³/mol. The predicted octanol–water partition coefficient (Wildman–Crippen LogP) is 0.630. The SMILES string of the molecule is Nc1nc2c(c(=O)[nH]1)CN(C(=O)CC1CC3CC3C1)C2. The van der Waals surface area contributed by atoms with Crippen LogP contribution in [0.2, 0.25) is 0 Å². The van der Waals surface area contributed by atoms with E-state index >= 15 is 0 Å². The zero-order valence-electron chi connectivity index (χ0n) is 11.3. The minimum absolute atomic E-state index is 0.124. The average molecular weight is 274 g/mol. The van der Waals surface area contributed by atoms with Gasteiger partial charge in [0.15, 0.2) is 0 Å². The third-order valence-corrected chi connectivity index (χ3v) is 4.97. The number of carbonyl (C=O) groups is 1. The standard InChI is InChI=1S/C14H18N4O2/c15-14-16-11-6-18(5-10(11)13(20)17-14)12(19)3-7-1-8-4-9(8)2-7/h7-9H,1-6H2,(H3,15,16,17,20). The van der Waals surface area contributed by atoms with Crippen molar-refractivity contribution < 1.29 is 4.79 Å². The Morgan fingerprint density at radius 2 is 2.05 bits per heavy atom. The topological polar surface area (TPSA) is 92.1 Å². The first-order chi connectivity index (χ1) is 9.60. The molecule has 1 aromatic rings. The zero-order valence-corrected chi connectivity index (χ0v) is 11.3. The van der Waals surface area contributed by atoms with Gasteiger partial charge in [0.05, 0.1) is 24.3 Å². The van der Waals surface area contributed by atoms with Gasteiger partial charge >= 0.3 is 0 Å². The maximum Gasteiger partial charge on any atom is 0.257 e. The van der Waals surface area contributed by atoms with Gasteiger partial charge in [0, 0.05) is 6.42 Å². The minimum atomic E-state index is -0.218. The van der Waals surface area contributed by atoms with Crippen molar-refractivity contribution in [2.75, 3.05) is 5.73 Å². The molecule has 2 unspecified atom stereocenters. The fourth-order valence-corrected chi connectivity index (χ4v) is 3.84. The molecule has 2 saturated carbocycles. The number of aromatic nitrogens is 2. The van der Waals surface area contributed by atoms with E-state index in [9.17, 15) is 9.59 Å². The molecule has 0 radical (unpaired) electrons. The number of amides is 1. The van der Waals surface area contributed by atoms with Crippen molar-refractivity contribution in [1.82, 2.24) is 14.9 Å². The monoisotopic (exact) mass is 274 g/mol. The van der Waals surface area contributed by atoms with E-state index in [1.807, 2.05) is 0 Å². The van der Waals surface area contributed by atoms with Crippen LogP contribution in [0.25, 0.3) is 0 Å². The smallest absolute Gasteiger partial charge is 0.257 e. The fraction of sp³-hybridized carbons (Fsp3) is 0.643. The van der Waals surface area contributed by atoms with Crippen molar-refractivity contribution >= 4 is 11.9 Å². The Bertz CT molecular complexity index is 629. The van der Waals surface area contributed by atoms with Gasteiger partial charge in [0.25, 0.3) is 5.56 Å². The second-order valence-corrected chi connectivity index (χ2v) is 6.42. The summed E-state index contributed by atoms with van der Waals surface area (Å²) < 4.78 is 0. The molecule has 6 nitrogen and oxygen atoms in total. The Kier molecular flexibility index (Phi) is 2.43. The lowest BCUT2D eigenvalue weighted by Crippen LogP contribution is -2.27. The van der Waals surface area contributed by atoms with Crippen LogP contribution in [0.1, 0.15) is 36.9 Å². The maximum atomic E-state index is 12.3. The Hall–Kier alpha value is -1.85. The lowest BCUT2D eigenvalue weighted by Gasteiger charge is -2.18. The normalized spacial score (nSPS) is 30.2. The summed E-state index contributed by atoms with van der Waals surface area (Å²) >= 11 is 0. The number of anilines is 1. The van der Waals surface area contributed by atoms with E-state index in [0.29, 0.717) is 36.7 Å². The first-order valence-corrected chi connectivity index (χ1v) is 7.25. The number of hydrogen-bond acceptors (Lipinski definition) is 4. The highest BCUT2D eigenvalue weighted by Gasteiger charge is 2.46. The largest absolute Gasteiger partial charge is 0.369 e. The van der Waals surface area contributed by atoms with Crippen LogP contribution in [0.5, 0.6) is 0 Å². The highest BCUT2D eigenvalue weighted by molar-refractivity contribution is 5.77. The van der Waals surface area contributed by atoms with E-state index in [1.54, 1.807) is 4.90 Å². The van der Waals surface area contributed by atoms with E-state index in [-0.39, 0.29) is 17.4 Å². The van der Waals surface area contributed by atoms with Crippen molar-refractivity contribution in [2.24, 2.45) is 17.8 Å². The van der Waals surface area contributed by atoms with Crippen LogP contribution in [0.4, 0.5) is 5.95 Å². The van der Waals surface area contributed by atoms with E-state index in [0.717, 1.165) is 11.8 Å². The summed E-state index contributed by atoms with van der Waals surface area (Å²) in [5, 5.41) is 0. The number of hydrogen-bond donors (Lipinski definition) is 2. The molecule has 1 aromatic heterocycles. The molecule has 3 aliphatic rings. The van der Waals surface area contributed by atoms with Gasteiger partial charge in [0.2, 0.25) is 11.9 Å². The number of carbonyl (C=O) groups excluding carboxylic acids is 1. The first-order valence-electron chi connectivity index (χ1n) is 7.25. The van der Waals surface area contributed by atoms with Gasteiger partial charge in [-0.05, 0) is 37.0 Å². The molecule has 2 atom stereocenters. The van der Waals surface area contributed by atoms with E-state index in [1.165, 1.54) is 19.3 Å². The Morgan fingerprint density at radius 1 is 1.30 bits per heavy atom. The van der Waals surface area contributed by atoms with Crippen molar-refractivity contribution in [3.8, 4) is 0 Å². The summed E-state index contributed by atoms with van der Waals surface area (Å²) in [6.07, 6.45) is 4.42. The zero-order chi connectivity index (χ0) is 13.9. The summed E-state index contributed by atoms with van der Waals surface area (Å²) in [6, 6.07) is 0. The number of aromatic amines is 1. The van der Waals surface area contributed by atoms with Gasteiger partial charge < -0.3 is 10.6 Å². The molecule has 2 heterocycles. The van der Waals surface area contributed by atoms with Crippen LogP contribution < -0.4 is 11.3 Å². The van der Waals surface area contributed by atoms with Crippen LogP contribution in [0, 0.1) is 17.8 Å². The van der Waals surface area contributed by atoms with Crippen molar-refractivity contribution in [1.29, 1.82) is 0 Å². The molecule has 20 heavy (non-hydrogen) atoms. The lowest BCUT2D eigenvalue weighted by atomic mass is 9.99. The highest BCUT2D eigenvalue weighted by atomic mass is 16.2. The van der Waals surface area contributed by atoms with Gasteiger partial charge in [-0.1, -0.05) is 0 Å². The van der Waals surface area contributed by atoms with Crippen LogP contribution in [-0.4, -0.2) is 20.8 Å². The third kappa shape index (κ3) is 1.90. The van der Waals surface area contributed by atoms with Gasteiger partial charge in [-0.2, -0.15) is 0 Å². The molecule has 2 fully saturated rings. The molecule has 4 rings (SSSR count). The highest BCUT2D eigenvalue weighted by Crippen LogP contribution is 2.55. The van der Waals surface area contributed by atoms with Crippen molar-refractivity contribution in [2.45, 2.75) is 38.8 Å². The third-order valence-electron chi connectivity index (χ3n) is 4.97. The van der Waals surface area contributed by atoms with E-state index in [2.05, 4.69) is 9.97 Å². The molecule has 0 bridgehead atoms.